The number of carbonyl (C=O) groups excluding carboxylic acids is 1. The SMILES string of the molecule is CCNC(=O)c1cccc(CN=C(NCC)NCc2cccc(OC)c2)c1.I. The van der Waals surface area contributed by atoms with E-state index in [0.29, 0.717) is 25.2 Å². The normalized spacial score (nSPS) is 10.6. The number of amides is 1. The summed E-state index contributed by atoms with van der Waals surface area (Å²) in [7, 11) is 1.66. The van der Waals surface area contributed by atoms with Gasteiger partial charge in [0.15, 0.2) is 5.96 Å². The summed E-state index contributed by atoms with van der Waals surface area (Å²) in [5.41, 5.74) is 2.74. The van der Waals surface area contributed by atoms with Crippen molar-refractivity contribution in [2.24, 2.45) is 4.99 Å². The minimum atomic E-state index is -0.0635. The van der Waals surface area contributed by atoms with Gasteiger partial charge in [-0.1, -0.05) is 24.3 Å². The Morgan fingerprint density at radius 3 is 2.39 bits per heavy atom. The van der Waals surface area contributed by atoms with Crippen LogP contribution in [0.4, 0.5) is 0 Å². The summed E-state index contributed by atoms with van der Waals surface area (Å²) < 4.78 is 5.26. The minimum absolute atomic E-state index is 0. The molecule has 0 radical (unpaired) electrons. The standard InChI is InChI=1S/C21H28N4O2.HI/c1-4-22-20(26)18-10-6-8-16(12-18)14-24-21(23-5-2)25-15-17-9-7-11-19(13-17)27-3;/h6-13H,4-5,14-15H2,1-3H3,(H,22,26)(H2,23,24,25);1H. The molecule has 0 unspecified atom stereocenters. The van der Waals surface area contributed by atoms with Crippen LogP contribution in [0.5, 0.6) is 5.75 Å². The first kappa shape index (κ1) is 23.7. The summed E-state index contributed by atoms with van der Waals surface area (Å²) in [6, 6.07) is 15.5. The third kappa shape index (κ3) is 7.75. The molecule has 152 valence electrons. The monoisotopic (exact) mass is 496 g/mol. The molecule has 0 aromatic heterocycles. The summed E-state index contributed by atoms with van der Waals surface area (Å²) >= 11 is 0. The topological polar surface area (TPSA) is 74.8 Å². The van der Waals surface area contributed by atoms with Crippen LogP contribution < -0.4 is 20.7 Å². The smallest absolute Gasteiger partial charge is 0.251 e. The van der Waals surface area contributed by atoms with Gasteiger partial charge in [-0.3, -0.25) is 4.79 Å². The van der Waals surface area contributed by atoms with E-state index in [4.69, 9.17) is 4.74 Å². The lowest BCUT2D eigenvalue weighted by atomic mass is 10.1. The Hall–Kier alpha value is -2.29. The van der Waals surface area contributed by atoms with Crippen LogP contribution in [0.1, 0.15) is 35.3 Å². The van der Waals surface area contributed by atoms with Crippen molar-refractivity contribution in [3.8, 4) is 5.75 Å². The predicted octanol–water partition coefficient (Wildman–Crippen LogP) is 3.32. The van der Waals surface area contributed by atoms with Crippen LogP contribution in [0.15, 0.2) is 53.5 Å². The molecule has 0 saturated carbocycles. The number of benzene rings is 2. The Labute approximate surface area is 184 Å². The van der Waals surface area contributed by atoms with Gasteiger partial charge < -0.3 is 20.7 Å². The van der Waals surface area contributed by atoms with Crippen LogP contribution in [-0.2, 0) is 13.1 Å². The van der Waals surface area contributed by atoms with Crippen molar-refractivity contribution >= 4 is 35.8 Å². The minimum Gasteiger partial charge on any atom is -0.497 e. The number of hydrogen-bond acceptors (Lipinski definition) is 3. The number of nitrogens with zero attached hydrogens (tertiary/aromatic N) is 1. The number of halogens is 1. The van der Waals surface area contributed by atoms with Gasteiger partial charge in [-0.2, -0.15) is 0 Å². The van der Waals surface area contributed by atoms with Crippen molar-refractivity contribution in [3.63, 3.8) is 0 Å². The average molecular weight is 496 g/mol. The Morgan fingerprint density at radius 1 is 0.964 bits per heavy atom. The van der Waals surface area contributed by atoms with Crippen molar-refractivity contribution in [1.29, 1.82) is 0 Å². The summed E-state index contributed by atoms with van der Waals surface area (Å²) in [6.07, 6.45) is 0. The average Bonchev–Trinajstić information content (AvgIpc) is 2.70. The molecule has 0 aliphatic carbocycles. The van der Waals surface area contributed by atoms with E-state index in [0.717, 1.165) is 29.4 Å². The quantitative estimate of drug-likeness (QED) is 0.298. The van der Waals surface area contributed by atoms with Gasteiger partial charge in [-0.15, -0.1) is 24.0 Å². The maximum atomic E-state index is 12.0. The predicted molar refractivity (Wildman–Crippen MR) is 125 cm³/mol. The van der Waals surface area contributed by atoms with E-state index in [2.05, 4.69) is 20.9 Å². The first-order valence-corrected chi connectivity index (χ1v) is 9.18. The van der Waals surface area contributed by atoms with E-state index in [-0.39, 0.29) is 29.9 Å². The van der Waals surface area contributed by atoms with Gasteiger partial charge in [0.25, 0.3) is 5.91 Å². The van der Waals surface area contributed by atoms with Crippen molar-refractivity contribution in [1.82, 2.24) is 16.0 Å². The molecule has 2 aromatic carbocycles. The molecular weight excluding hydrogens is 467 g/mol. The van der Waals surface area contributed by atoms with Crippen molar-refractivity contribution in [2.75, 3.05) is 20.2 Å². The molecule has 2 aromatic rings. The highest BCUT2D eigenvalue weighted by molar-refractivity contribution is 14.0. The van der Waals surface area contributed by atoms with E-state index in [1.54, 1.807) is 7.11 Å². The van der Waals surface area contributed by atoms with Gasteiger partial charge in [0.05, 0.1) is 13.7 Å². The molecule has 0 heterocycles. The Morgan fingerprint density at radius 2 is 1.68 bits per heavy atom. The molecule has 0 bridgehead atoms. The first-order valence-electron chi connectivity index (χ1n) is 9.18. The number of methoxy groups -OCH3 is 1. The molecule has 0 spiro atoms. The molecular formula is C21H29IN4O2. The van der Waals surface area contributed by atoms with Gasteiger partial charge in [0.1, 0.15) is 5.75 Å². The lowest BCUT2D eigenvalue weighted by Crippen LogP contribution is -2.36. The maximum Gasteiger partial charge on any atom is 0.251 e. The number of nitrogens with one attached hydrogen (secondary N) is 3. The van der Waals surface area contributed by atoms with Gasteiger partial charge in [0, 0.05) is 25.2 Å². The second-order valence-electron chi connectivity index (χ2n) is 5.96. The molecule has 0 atom stereocenters. The number of ether oxygens (including phenoxy) is 1. The number of rotatable bonds is 8. The summed E-state index contributed by atoms with van der Waals surface area (Å²) in [6.45, 7) is 6.44. The Balaban J connectivity index is 0.00000392. The fourth-order valence-corrected chi connectivity index (χ4v) is 2.55. The molecule has 0 saturated heterocycles. The van der Waals surface area contributed by atoms with Crippen LogP contribution in [0.25, 0.3) is 0 Å². The van der Waals surface area contributed by atoms with Crippen LogP contribution >= 0.6 is 24.0 Å². The molecule has 0 fully saturated rings. The molecule has 7 heteroatoms. The van der Waals surface area contributed by atoms with Crippen LogP contribution in [-0.4, -0.2) is 32.1 Å². The zero-order chi connectivity index (χ0) is 19.5. The third-order valence-corrected chi connectivity index (χ3v) is 3.88. The van der Waals surface area contributed by atoms with E-state index in [1.165, 1.54) is 0 Å². The summed E-state index contributed by atoms with van der Waals surface area (Å²) in [5.74, 6) is 1.49. The Bertz CT molecular complexity index is 781. The van der Waals surface area contributed by atoms with Crippen molar-refractivity contribution in [2.45, 2.75) is 26.9 Å². The first-order chi connectivity index (χ1) is 13.2. The molecule has 6 nitrogen and oxygen atoms in total. The van der Waals surface area contributed by atoms with Crippen LogP contribution in [0, 0.1) is 0 Å². The van der Waals surface area contributed by atoms with Crippen LogP contribution in [0.2, 0.25) is 0 Å². The van der Waals surface area contributed by atoms with Gasteiger partial charge >= 0.3 is 0 Å². The van der Waals surface area contributed by atoms with E-state index in [9.17, 15) is 4.79 Å². The highest BCUT2D eigenvalue weighted by Crippen LogP contribution is 2.12. The second-order valence-corrected chi connectivity index (χ2v) is 5.96. The van der Waals surface area contributed by atoms with E-state index < -0.39 is 0 Å². The van der Waals surface area contributed by atoms with Crippen molar-refractivity contribution < 1.29 is 9.53 Å². The van der Waals surface area contributed by atoms with Crippen molar-refractivity contribution in [3.05, 3.63) is 65.2 Å². The highest BCUT2D eigenvalue weighted by Gasteiger charge is 2.05. The van der Waals surface area contributed by atoms with Gasteiger partial charge in [0.2, 0.25) is 0 Å². The number of guanidine groups is 1. The second kappa shape index (κ2) is 13.0. The number of hydrogen-bond donors (Lipinski definition) is 3. The lowest BCUT2D eigenvalue weighted by molar-refractivity contribution is 0.0955. The number of aliphatic imine (C=N–C) groups is 1. The van der Waals surface area contributed by atoms with Crippen LogP contribution in [0.3, 0.4) is 0 Å². The zero-order valence-corrected chi connectivity index (χ0v) is 18.9. The van der Waals surface area contributed by atoms with Gasteiger partial charge in [-0.25, -0.2) is 4.99 Å². The zero-order valence-electron chi connectivity index (χ0n) is 16.6. The molecule has 1 amide bonds. The van der Waals surface area contributed by atoms with E-state index >= 15 is 0 Å². The molecule has 28 heavy (non-hydrogen) atoms. The lowest BCUT2D eigenvalue weighted by Gasteiger charge is -2.12. The summed E-state index contributed by atoms with van der Waals surface area (Å²) in [4.78, 5) is 16.6. The Kier molecular flexibility index (Phi) is 11.0. The molecule has 3 N–H and O–H groups in total. The summed E-state index contributed by atoms with van der Waals surface area (Å²) in [5, 5.41) is 9.37. The number of carbonyl (C=O) groups is 1. The fraction of sp³-hybridized carbons (Fsp3) is 0.333. The molecule has 0 aliphatic heterocycles. The van der Waals surface area contributed by atoms with E-state index in [1.807, 2.05) is 62.4 Å². The molecule has 0 aliphatic rings. The molecule has 2 rings (SSSR count). The third-order valence-electron chi connectivity index (χ3n) is 3.88. The maximum absolute atomic E-state index is 12.0. The van der Waals surface area contributed by atoms with Gasteiger partial charge in [-0.05, 0) is 49.2 Å². The fourth-order valence-electron chi connectivity index (χ4n) is 2.55. The highest BCUT2D eigenvalue weighted by atomic mass is 127. The largest absolute Gasteiger partial charge is 0.497 e.